The van der Waals surface area contributed by atoms with Crippen LogP contribution in [0.2, 0.25) is 5.02 Å². The van der Waals surface area contributed by atoms with Crippen molar-refractivity contribution >= 4 is 41.7 Å². The Morgan fingerprint density at radius 3 is 2.27 bits per heavy atom. The maximum Gasteiger partial charge on any atom is 0.265 e. The van der Waals surface area contributed by atoms with Crippen molar-refractivity contribution in [1.82, 2.24) is 0 Å². The molecule has 2 aromatic carbocycles. The number of carbonyl (C=O) groups excluding carboxylic acids is 1. The number of hydrogen-bond acceptors (Lipinski definition) is 3. The van der Waals surface area contributed by atoms with Crippen molar-refractivity contribution in [2.75, 3.05) is 12.1 Å². The number of methoxy groups -OCH3 is 1. The Kier molecular flexibility index (Phi) is 6.92. The highest BCUT2D eigenvalue weighted by atomic mass is 35.5. The SMILES string of the molecule is COc1ccc(N(N)C(=O)C=Cc2ccc(Cl)cc2)cc1.Cl. The van der Waals surface area contributed by atoms with E-state index in [1.165, 1.54) is 6.08 Å². The number of anilines is 1. The normalized spacial score (nSPS) is 10.1. The predicted molar refractivity (Wildman–Crippen MR) is 92.4 cm³/mol. The molecule has 0 saturated carbocycles. The van der Waals surface area contributed by atoms with Gasteiger partial charge in [0.1, 0.15) is 5.75 Å². The summed E-state index contributed by atoms with van der Waals surface area (Å²) in [6.07, 6.45) is 3.09. The van der Waals surface area contributed by atoms with Gasteiger partial charge in [0.2, 0.25) is 0 Å². The lowest BCUT2D eigenvalue weighted by molar-refractivity contribution is -0.114. The number of nitrogens with two attached hydrogens (primary N) is 1. The smallest absolute Gasteiger partial charge is 0.265 e. The minimum absolute atomic E-state index is 0. The van der Waals surface area contributed by atoms with Gasteiger partial charge in [-0.15, -0.1) is 12.4 Å². The minimum Gasteiger partial charge on any atom is -0.497 e. The summed E-state index contributed by atoms with van der Waals surface area (Å²) in [5.41, 5.74) is 1.46. The van der Waals surface area contributed by atoms with Gasteiger partial charge in [0, 0.05) is 11.1 Å². The fraction of sp³-hybridized carbons (Fsp3) is 0.0625. The molecule has 2 aromatic rings. The van der Waals surface area contributed by atoms with E-state index >= 15 is 0 Å². The van der Waals surface area contributed by atoms with E-state index in [-0.39, 0.29) is 18.3 Å². The summed E-state index contributed by atoms with van der Waals surface area (Å²) in [4.78, 5) is 12.0. The summed E-state index contributed by atoms with van der Waals surface area (Å²) >= 11 is 5.80. The van der Waals surface area contributed by atoms with Crippen LogP contribution in [-0.4, -0.2) is 13.0 Å². The minimum atomic E-state index is -0.324. The van der Waals surface area contributed by atoms with Crippen LogP contribution in [0.25, 0.3) is 6.08 Å². The van der Waals surface area contributed by atoms with Crippen LogP contribution in [-0.2, 0) is 4.79 Å². The van der Waals surface area contributed by atoms with Crippen molar-refractivity contribution in [2.45, 2.75) is 0 Å². The van der Waals surface area contributed by atoms with Crippen LogP contribution in [0.15, 0.2) is 54.6 Å². The third-order valence-electron chi connectivity index (χ3n) is 2.88. The van der Waals surface area contributed by atoms with E-state index in [4.69, 9.17) is 22.2 Å². The molecular formula is C16H16Cl2N2O2. The molecule has 0 fully saturated rings. The highest BCUT2D eigenvalue weighted by Crippen LogP contribution is 2.17. The van der Waals surface area contributed by atoms with E-state index in [1.54, 1.807) is 49.6 Å². The molecule has 1 amide bonds. The summed E-state index contributed by atoms with van der Waals surface area (Å²) in [5.74, 6) is 6.17. The number of carbonyl (C=O) groups is 1. The van der Waals surface area contributed by atoms with Crippen molar-refractivity contribution < 1.29 is 9.53 Å². The van der Waals surface area contributed by atoms with Gasteiger partial charge in [-0.2, -0.15) is 0 Å². The van der Waals surface area contributed by atoms with Crippen molar-refractivity contribution in [2.24, 2.45) is 5.84 Å². The number of ether oxygens (including phenoxy) is 1. The molecule has 2 rings (SSSR count). The van der Waals surface area contributed by atoms with Gasteiger partial charge in [-0.25, -0.2) is 10.9 Å². The lowest BCUT2D eigenvalue weighted by Gasteiger charge is -2.14. The highest BCUT2D eigenvalue weighted by molar-refractivity contribution is 6.30. The van der Waals surface area contributed by atoms with Gasteiger partial charge in [0.25, 0.3) is 5.91 Å². The van der Waals surface area contributed by atoms with Crippen molar-refractivity contribution in [3.63, 3.8) is 0 Å². The first kappa shape index (κ1) is 18.0. The maximum atomic E-state index is 12.0. The molecule has 0 spiro atoms. The fourth-order valence-corrected chi connectivity index (χ4v) is 1.82. The van der Waals surface area contributed by atoms with Crippen molar-refractivity contribution in [3.05, 3.63) is 65.2 Å². The topological polar surface area (TPSA) is 55.6 Å². The Balaban J connectivity index is 0.00000242. The fourth-order valence-electron chi connectivity index (χ4n) is 1.69. The second-order valence-electron chi connectivity index (χ2n) is 4.29. The molecule has 0 aliphatic rings. The van der Waals surface area contributed by atoms with Crippen LogP contribution in [0, 0.1) is 0 Å². The Bertz CT molecular complexity index is 640. The molecule has 0 aliphatic carbocycles. The standard InChI is InChI=1S/C16H15ClN2O2.ClH/c1-21-15-9-7-14(8-10-15)19(18)16(20)11-4-12-2-5-13(17)6-3-12;/h2-11H,18H2,1H3;1H. The molecule has 2 N–H and O–H groups in total. The van der Waals surface area contributed by atoms with Gasteiger partial charge in [0.15, 0.2) is 0 Å². The second-order valence-corrected chi connectivity index (χ2v) is 4.73. The van der Waals surface area contributed by atoms with Crippen LogP contribution >= 0.6 is 24.0 Å². The van der Waals surface area contributed by atoms with Gasteiger partial charge in [-0.1, -0.05) is 23.7 Å². The third kappa shape index (κ3) is 4.77. The monoisotopic (exact) mass is 338 g/mol. The molecule has 0 aromatic heterocycles. The zero-order chi connectivity index (χ0) is 15.2. The zero-order valence-electron chi connectivity index (χ0n) is 11.9. The van der Waals surface area contributed by atoms with E-state index in [1.807, 2.05) is 12.1 Å². The molecule has 0 atom stereocenters. The first-order valence-electron chi connectivity index (χ1n) is 6.26. The third-order valence-corrected chi connectivity index (χ3v) is 3.13. The summed E-state index contributed by atoms with van der Waals surface area (Å²) in [6, 6.07) is 14.1. The maximum absolute atomic E-state index is 12.0. The quantitative estimate of drug-likeness (QED) is 0.400. The number of halogens is 2. The molecule has 116 valence electrons. The van der Waals surface area contributed by atoms with Crippen LogP contribution in [0.3, 0.4) is 0 Å². The molecule has 0 aliphatic heterocycles. The van der Waals surface area contributed by atoms with Crippen molar-refractivity contribution in [1.29, 1.82) is 0 Å². The van der Waals surface area contributed by atoms with Gasteiger partial charge in [-0.3, -0.25) is 4.79 Å². The number of amides is 1. The Morgan fingerprint density at radius 1 is 1.14 bits per heavy atom. The number of benzene rings is 2. The number of hydrazine groups is 1. The summed E-state index contributed by atoms with van der Waals surface area (Å²) in [6.45, 7) is 0. The lowest BCUT2D eigenvalue weighted by Crippen LogP contribution is -2.36. The molecule has 4 nitrogen and oxygen atoms in total. The van der Waals surface area contributed by atoms with Gasteiger partial charge in [0.05, 0.1) is 12.8 Å². The van der Waals surface area contributed by atoms with E-state index in [2.05, 4.69) is 0 Å². The van der Waals surface area contributed by atoms with E-state index < -0.39 is 0 Å². The molecule has 6 heteroatoms. The summed E-state index contributed by atoms with van der Waals surface area (Å²) in [5, 5.41) is 1.73. The molecule has 0 bridgehead atoms. The molecule has 0 heterocycles. The van der Waals surface area contributed by atoms with Gasteiger partial charge < -0.3 is 4.74 Å². The molecule has 0 radical (unpaired) electrons. The summed E-state index contributed by atoms with van der Waals surface area (Å²) < 4.78 is 5.06. The predicted octanol–water partition coefficient (Wildman–Crippen LogP) is 3.69. The van der Waals surface area contributed by atoms with E-state index in [0.29, 0.717) is 16.5 Å². The highest BCUT2D eigenvalue weighted by Gasteiger charge is 2.08. The zero-order valence-corrected chi connectivity index (χ0v) is 13.5. The molecule has 22 heavy (non-hydrogen) atoms. The van der Waals surface area contributed by atoms with Crippen molar-refractivity contribution in [3.8, 4) is 5.75 Å². The van der Waals surface area contributed by atoms with E-state index in [0.717, 1.165) is 10.6 Å². The van der Waals surface area contributed by atoms with Gasteiger partial charge in [-0.05, 0) is 48.0 Å². The number of rotatable bonds is 4. The molecule has 0 unspecified atom stereocenters. The first-order valence-corrected chi connectivity index (χ1v) is 6.64. The largest absolute Gasteiger partial charge is 0.497 e. The average molecular weight is 339 g/mol. The van der Waals surface area contributed by atoms with Gasteiger partial charge >= 0.3 is 0 Å². The first-order chi connectivity index (χ1) is 10.1. The Hall–Kier alpha value is -2.01. The second kappa shape index (κ2) is 8.44. The Morgan fingerprint density at radius 2 is 1.73 bits per heavy atom. The number of nitrogens with zero attached hydrogens (tertiary/aromatic N) is 1. The van der Waals surface area contributed by atoms with E-state index in [9.17, 15) is 4.79 Å². The number of hydrogen-bond donors (Lipinski definition) is 1. The van der Waals surface area contributed by atoms with Crippen LogP contribution in [0.1, 0.15) is 5.56 Å². The summed E-state index contributed by atoms with van der Waals surface area (Å²) in [7, 11) is 1.58. The van der Waals surface area contributed by atoms with Crippen LogP contribution in [0.4, 0.5) is 5.69 Å². The van der Waals surface area contributed by atoms with Crippen LogP contribution < -0.4 is 15.6 Å². The van der Waals surface area contributed by atoms with Crippen LogP contribution in [0.5, 0.6) is 5.75 Å². The average Bonchev–Trinajstić information content (AvgIpc) is 2.53. The molecule has 0 saturated heterocycles. The Labute approximate surface area is 140 Å². The molecular weight excluding hydrogens is 323 g/mol. The lowest BCUT2D eigenvalue weighted by atomic mass is 10.2.